The van der Waals surface area contributed by atoms with Crippen molar-refractivity contribution in [3.05, 3.63) is 0 Å². The summed E-state index contributed by atoms with van der Waals surface area (Å²) in [6, 6.07) is 0. The summed E-state index contributed by atoms with van der Waals surface area (Å²) in [6.07, 6.45) is 4.17. The summed E-state index contributed by atoms with van der Waals surface area (Å²) >= 11 is 0. The number of hydrogen-bond acceptors (Lipinski definition) is 3. The van der Waals surface area contributed by atoms with Gasteiger partial charge in [0.05, 0.1) is 6.61 Å². The average Bonchev–Trinajstić information content (AvgIpc) is 2.10. The number of ether oxygens (including phenoxy) is 2. The van der Waals surface area contributed by atoms with Gasteiger partial charge in [0.2, 0.25) is 0 Å². The van der Waals surface area contributed by atoms with Crippen molar-refractivity contribution in [3.63, 3.8) is 0 Å². The van der Waals surface area contributed by atoms with E-state index in [0.29, 0.717) is 13.1 Å². The zero-order valence-electron chi connectivity index (χ0n) is 7.75. The van der Waals surface area contributed by atoms with Crippen LogP contribution in [-0.2, 0) is 14.3 Å². The van der Waals surface area contributed by atoms with Crippen LogP contribution in [0.4, 0.5) is 0 Å². The number of rotatable bonds is 9. The molecule has 0 aromatic carbocycles. The highest BCUT2D eigenvalue weighted by molar-refractivity contribution is 5.36. The Balaban J connectivity index is 2.77. The van der Waals surface area contributed by atoms with Gasteiger partial charge in [0.25, 0.3) is 6.47 Å². The predicted molar refractivity (Wildman–Crippen MR) is 47.0 cm³/mol. The Labute approximate surface area is 74.0 Å². The molecule has 0 fully saturated rings. The maximum absolute atomic E-state index is 9.73. The van der Waals surface area contributed by atoms with Crippen LogP contribution in [0, 0.1) is 0 Å². The second-order valence-electron chi connectivity index (χ2n) is 2.64. The highest BCUT2D eigenvalue weighted by Gasteiger charge is 1.89. The lowest BCUT2D eigenvalue weighted by Gasteiger charge is -2.02. The zero-order chi connectivity index (χ0) is 9.07. The van der Waals surface area contributed by atoms with Gasteiger partial charge in [-0.15, -0.1) is 0 Å². The summed E-state index contributed by atoms with van der Waals surface area (Å²) in [6.45, 7) is 4.77. The molecule has 0 heterocycles. The van der Waals surface area contributed by atoms with Gasteiger partial charge in [-0.1, -0.05) is 13.3 Å². The summed E-state index contributed by atoms with van der Waals surface area (Å²) in [5.41, 5.74) is 0. The van der Waals surface area contributed by atoms with Crippen molar-refractivity contribution >= 4 is 6.47 Å². The molecule has 0 aliphatic carbocycles. The molecule has 72 valence electrons. The standard InChI is InChI=1S/C9H18O3/c1-2-3-6-11-7-4-5-8-12-9-10/h9H,2-8H2,1H3. The number of hydrogen-bond donors (Lipinski definition) is 0. The molecule has 0 aliphatic heterocycles. The molecule has 0 radical (unpaired) electrons. The molecule has 0 aromatic rings. The Bertz CT molecular complexity index is 93.8. The van der Waals surface area contributed by atoms with Crippen molar-refractivity contribution < 1.29 is 14.3 Å². The monoisotopic (exact) mass is 174 g/mol. The molecular weight excluding hydrogens is 156 g/mol. The van der Waals surface area contributed by atoms with Crippen LogP contribution in [0.15, 0.2) is 0 Å². The van der Waals surface area contributed by atoms with E-state index in [2.05, 4.69) is 11.7 Å². The minimum absolute atomic E-state index is 0.484. The number of carbonyl (C=O) groups is 1. The lowest BCUT2D eigenvalue weighted by atomic mass is 10.3. The Morgan fingerprint density at radius 3 is 2.42 bits per heavy atom. The minimum Gasteiger partial charge on any atom is -0.468 e. The Hall–Kier alpha value is -0.570. The maximum Gasteiger partial charge on any atom is 0.293 e. The molecule has 3 nitrogen and oxygen atoms in total. The van der Waals surface area contributed by atoms with Gasteiger partial charge in [0, 0.05) is 13.2 Å². The fourth-order valence-corrected chi connectivity index (χ4v) is 0.786. The van der Waals surface area contributed by atoms with Crippen molar-refractivity contribution in [2.24, 2.45) is 0 Å². The van der Waals surface area contributed by atoms with Crippen LogP contribution in [0.2, 0.25) is 0 Å². The molecule has 3 heteroatoms. The molecule has 0 aromatic heterocycles. The third-order valence-corrected chi connectivity index (χ3v) is 1.51. The van der Waals surface area contributed by atoms with Crippen LogP contribution < -0.4 is 0 Å². The van der Waals surface area contributed by atoms with E-state index in [1.54, 1.807) is 0 Å². The van der Waals surface area contributed by atoms with Crippen molar-refractivity contribution in [2.45, 2.75) is 32.6 Å². The fourth-order valence-electron chi connectivity index (χ4n) is 0.786. The number of carbonyl (C=O) groups excluding carboxylic acids is 1. The number of unbranched alkanes of at least 4 members (excludes halogenated alkanes) is 2. The lowest BCUT2D eigenvalue weighted by Crippen LogP contribution is -1.99. The molecule has 0 aliphatic rings. The molecule has 0 amide bonds. The highest BCUT2D eigenvalue weighted by atomic mass is 16.5. The fraction of sp³-hybridized carbons (Fsp3) is 0.889. The Morgan fingerprint density at radius 2 is 1.75 bits per heavy atom. The normalized spacial score (nSPS) is 9.75. The summed E-state index contributed by atoms with van der Waals surface area (Å²) < 4.78 is 9.84. The first kappa shape index (κ1) is 11.4. The molecule has 0 N–H and O–H groups in total. The highest BCUT2D eigenvalue weighted by Crippen LogP contribution is 1.93. The lowest BCUT2D eigenvalue weighted by molar-refractivity contribution is -0.128. The van der Waals surface area contributed by atoms with Crippen molar-refractivity contribution in [1.29, 1.82) is 0 Å². The summed E-state index contributed by atoms with van der Waals surface area (Å²) in [4.78, 5) is 9.73. The Morgan fingerprint density at radius 1 is 1.08 bits per heavy atom. The molecule has 0 spiro atoms. The first-order valence-corrected chi connectivity index (χ1v) is 4.54. The molecule has 0 saturated carbocycles. The van der Waals surface area contributed by atoms with Crippen LogP contribution in [0.5, 0.6) is 0 Å². The summed E-state index contributed by atoms with van der Waals surface area (Å²) in [7, 11) is 0. The summed E-state index contributed by atoms with van der Waals surface area (Å²) in [5.74, 6) is 0. The first-order chi connectivity index (χ1) is 5.91. The van der Waals surface area contributed by atoms with E-state index >= 15 is 0 Å². The molecule has 0 bridgehead atoms. The largest absolute Gasteiger partial charge is 0.468 e. The topological polar surface area (TPSA) is 35.5 Å². The second kappa shape index (κ2) is 10.4. The smallest absolute Gasteiger partial charge is 0.293 e. The van der Waals surface area contributed by atoms with Gasteiger partial charge in [-0.3, -0.25) is 4.79 Å². The predicted octanol–water partition coefficient (Wildman–Crippen LogP) is 1.76. The molecule has 0 saturated heterocycles. The van der Waals surface area contributed by atoms with Crippen molar-refractivity contribution in [3.8, 4) is 0 Å². The van der Waals surface area contributed by atoms with Crippen LogP contribution >= 0.6 is 0 Å². The van der Waals surface area contributed by atoms with E-state index in [1.807, 2.05) is 0 Å². The first-order valence-electron chi connectivity index (χ1n) is 4.54. The molecule has 0 unspecified atom stereocenters. The zero-order valence-corrected chi connectivity index (χ0v) is 7.75. The third kappa shape index (κ3) is 9.43. The average molecular weight is 174 g/mol. The van der Waals surface area contributed by atoms with E-state index < -0.39 is 0 Å². The molecule has 0 atom stereocenters. The van der Waals surface area contributed by atoms with Crippen LogP contribution in [-0.4, -0.2) is 26.3 Å². The van der Waals surface area contributed by atoms with Crippen LogP contribution in [0.3, 0.4) is 0 Å². The van der Waals surface area contributed by atoms with E-state index in [0.717, 1.165) is 32.5 Å². The van der Waals surface area contributed by atoms with Gasteiger partial charge in [-0.2, -0.15) is 0 Å². The van der Waals surface area contributed by atoms with Crippen molar-refractivity contribution in [1.82, 2.24) is 0 Å². The molecule has 12 heavy (non-hydrogen) atoms. The minimum atomic E-state index is 0.484. The van der Waals surface area contributed by atoms with Gasteiger partial charge < -0.3 is 9.47 Å². The van der Waals surface area contributed by atoms with Gasteiger partial charge in [-0.05, 0) is 19.3 Å². The van der Waals surface area contributed by atoms with Gasteiger partial charge in [0.1, 0.15) is 0 Å². The Kier molecular flexibility index (Phi) is 9.93. The van der Waals surface area contributed by atoms with Crippen molar-refractivity contribution in [2.75, 3.05) is 19.8 Å². The van der Waals surface area contributed by atoms with Gasteiger partial charge >= 0.3 is 0 Å². The van der Waals surface area contributed by atoms with E-state index in [4.69, 9.17) is 4.74 Å². The summed E-state index contributed by atoms with van der Waals surface area (Å²) in [5, 5.41) is 0. The quantitative estimate of drug-likeness (QED) is 0.394. The van der Waals surface area contributed by atoms with Crippen LogP contribution in [0.25, 0.3) is 0 Å². The third-order valence-electron chi connectivity index (χ3n) is 1.51. The molecule has 0 rings (SSSR count). The van der Waals surface area contributed by atoms with Gasteiger partial charge in [0.15, 0.2) is 0 Å². The second-order valence-corrected chi connectivity index (χ2v) is 2.64. The van der Waals surface area contributed by atoms with E-state index in [1.165, 1.54) is 6.42 Å². The SMILES string of the molecule is CCCCOCCCCOC=O. The van der Waals surface area contributed by atoms with E-state index in [9.17, 15) is 4.79 Å². The van der Waals surface area contributed by atoms with Gasteiger partial charge in [-0.25, -0.2) is 0 Å². The molecular formula is C9H18O3. The van der Waals surface area contributed by atoms with E-state index in [-0.39, 0.29) is 0 Å². The maximum atomic E-state index is 9.73. The van der Waals surface area contributed by atoms with Crippen LogP contribution in [0.1, 0.15) is 32.6 Å².